The molecule has 2 aromatic carbocycles. The highest BCUT2D eigenvalue weighted by atomic mass is 32.2. The van der Waals surface area contributed by atoms with E-state index >= 15 is 0 Å². The van der Waals surface area contributed by atoms with Crippen LogP contribution >= 0.6 is 0 Å². The van der Waals surface area contributed by atoms with Gasteiger partial charge >= 0.3 is 5.97 Å². The molecule has 212 valence electrons. The maximum absolute atomic E-state index is 12.5. The van der Waals surface area contributed by atoms with E-state index in [1.165, 1.54) is 58.3 Å². The summed E-state index contributed by atoms with van der Waals surface area (Å²) in [5, 5.41) is 19.4. The molecule has 0 spiro atoms. The zero-order valence-electron chi connectivity index (χ0n) is 20.9. The standard InChI is InChI=1S/C23H29N5O9S2/c1-38(34,35)19-6-2-17(3-7-19)25-21(30)14-27(12-13-29)10-11-28(16-23(32)33)15-22(31)26-18-4-8-20(9-5-18)39(24,36)37/h2-9,13H,10-12,14-16H2,1H3,(H,25,30)(H,26,31)(H,32,33)(H2,24,36,37). The molecule has 0 heterocycles. The molecule has 14 nitrogen and oxygen atoms in total. The van der Waals surface area contributed by atoms with E-state index < -0.39 is 44.2 Å². The van der Waals surface area contributed by atoms with Gasteiger partial charge in [0.15, 0.2) is 9.84 Å². The number of nitrogens with one attached hydrogen (secondary N) is 2. The third-order valence-electron chi connectivity index (χ3n) is 5.19. The van der Waals surface area contributed by atoms with Crippen LogP contribution in [0.3, 0.4) is 0 Å². The highest BCUT2D eigenvalue weighted by molar-refractivity contribution is 7.90. The lowest BCUT2D eigenvalue weighted by atomic mass is 10.3. The van der Waals surface area contributed by atoms with Crippen LogP contribution in [-0.2, 0) is 39.0 Å². The van der Waals surface area contributed by atoms with Gasteiger partial charge in [0.2, 0.25) is 21.8 Å². The van der Waals surface area contributed by atoms with E-state index in [2.05, 4.69) is 10.6 Å². The van der Waals surface area contributed by atoms with E-state index in [0.29, 0.717) is 12.0 Å². The Balaban J connectivity index is 1.96. The molecule has 0 radical (unpaired) electrons. The van der Waals surface area contributed by atoms with Crippen LogP contribution in [0.1, 0.15) is 0 Å². The van der Waals surface area contributed by atoms with Crippen molar-refractivity contribution in [3.63, 3.8) is 0 Å². The number of hydrogen-bond donors (Lipinski definition) is 4. The Labute approximate surface area is 225 Å². The van der Waals surface area contributed by atoms with Gasteiger partial charge in [0.1, 0.15) is 6.29 Å². The maximum atomic E-state index is 12.5. The number of aliphatic carboxylic acids is 1. The van der Waals surface area contributed by atoms with Gasteiger partial charge in [-0.2, -0.15) is 0 Å². The van der Waals surface area contributed by atoms with E-state index in [0.717, 1.165) is 6.26 Å². The lowest BCUT2D eigenvalue weighted by Crippen LogP contribution is -2.44. The maximum Gasteiger partial charge on any atom is 0.317 e. The molecule has 0 atom stereocenters. The molecule has 0 saturated carbocycles. The van der Waals surface area contributed by atoms with Crippen LogP contribution in [-0.4, -0.2) is 101 Å². The van der Waals surface area contributed by atoms with Crippen LogP contribution in [0.25, 0.3) is 0 Å². The molecule has 0 unspecified atom stereocenters. The number of sulfone groups is 1. The molecular formula is C23H29N5O9S2. The number of carboxylic acids is 1. The van der Waals surface area contributed by atoms with E-state index in [-0.39, 0.29) is 48.2 Å². The summed E-state index contributed by atoms with van der Waals surface area (Å²) in [5.74, 6) is -2.26. The number of aldehydes is 1. The average molecular weight is 584 g/mol. The minimum atomic E-state index is -3.90. The van der Waals surface area contributed by atoms with Crippen molar-refractivity contribution in [3.05, 3.63) is 48.5 Å². The quantitative estimate of drug-likeness (QED) is 0.191. The summed E-state index contributed by atoms with van der Waals surface area (Å²) in [6.45, 7) is -1.10. The van der Waals surface area contributed by atoms with Gasteiger partial charge in [-0.1, -0.05) is 0 Å². The second-order valence-electron chi connectivity index (χ2n) is 8.47. The summed E-state index contributed by atoms with van der Waals surface area (Å²) in [4.78, 5) is 50.1. The normalized spacial score (nSPS) is 11.8. The van der Waals surface area contributed by atoms with Gasteiger partial charge < -0.3 is 20.5 Å². The first-order valence-corrected chi connectivity index (χ1v) is 14.7. The van der Waals surface area contributed by atoms with Crippen LogP contribution < -0.4 is 15.8 Å². The van der Waals surface area contributed by atoms with Gasteiger partial charge in [-0.25, -0.2) is 22.0 Å². The lowest BCUT2D eigenvalue weighted by Gasteiger charge is -2.25. The van der Waals surface area contributed by atoms with Crippen molar-refractivity contribution in [1.29, 1.82) is 0 Å². The zero-order chi connectivity index (χ0) is 29.2. The van der Waals surface area contributed by atoms with Crippen molar-refractivity contribution in [2.75, 3.05) is 56.2 Å². The molecule has 5 N–H and O–H groups in total. The summed E-state index contributed by atoms with van der Waals surface area (Å²) < 4.78 is 45.8. The number of nitrogens with two attached hydrogens (primary N) is 1. The number of carboxylic acid groups (broad SMARTS) is 1. The predicted octanol–water partition coefficient (Wildman–Crippen LogP) is -0.798. The molecule has 16 heteroatoms. The van der Waals surface area contributed by atoms with Crippen LogP contribution in [0, 0.1) is 0 Å². The molecule has 0 aliphatic carbocycles. The first kappa shape index (κ1) is 31.5. The fourth-order valence-corrected chi connectivity index (χ4v) is 4.49. The third-order valence-corrected chi connectivity index (χ3v) is 7.25. The summed E-state index contributed by atoms with van der Waals surface area (Å²) >= 11 is 0. The Hall–Kier alpha value is -3.70. The Morgan fingerprint density at radius 2 is 1.23 bits per heavy atom. The molecule has 39 heavy (non-hydrogen) atoms. The van der Waals surface area contributed by atoms with E-state index in [9.17, 15) is 41.1 Å². The van der Waals surface area contributed by atoms with Gasteiger partial charge in [-0.3, -0.25) is 24.2 Å². The lowest BCUT2D eigenvalue weighted by molar-refractivity contribution is -0.138. The molecule has 0 aliphatic rings. The second-order valence-corrected chi connectivity index (χ2v) is 12.0. The van der Waals surface area contributed by atoms with Crippen molar-refractivity contribution in [2.24, 2.45) is 5.14 Å². The van der Waals surface area contributed by atoms with Crippen molar-refractivity contribution >= 4 is 55.3 Å². The minimum Gasteiger partial charge on any atom is -0.480 e. The number of carbonyl (C=O) groups is 4. The molecule has 2 amide bonds. The molecule has 0 aliphatic heterocycles. The van der Waals surface area contributed by atoms with Gasteiger partial charge in [0.25, 0.3) is 0 Å². The zero-order valence-corrected chi connectivity index (χ0v) is 22.6. The number of primary sulfonamides is 1. The molecular weight excluding hydrogens is 554 g/mol. The smallest absolute Gasteiger partial charge is 0.317 e. The first-order valence-electron chi connectivity index (χ1n) is 11.3. The monoisotopic (exact) mass is 583 g/mol. The predicted molar refractivity (Wildman–Crippen MR) is 141 cm³/mol. The summed E-state index contributed by atoms with van der Waals surface area (Å²) in [5.41, 5.74) is 0.617. The Morgan fingerprint density at radius 1 is 0.795 bits per heavy atom. The number of carbonyl (C=O) groups excluding carboxylic acids is 3. The van der Waals surface area contributed by atoms with Crippen molar-refractivity contribution < 1.29 is 41.1 Å². The molecule has 2 rings (SSSR count). The topological polar surface area (TPSA) is 213 Å². The number of anilines is 2. The van der Waals surface area contributed by atoms with Gasteiger partial charge in [0, 0.05) is 30.7 Å². The van der Waals surface area contributed by atoms with Crippen molar-refractivity contribution in [2.45, 2.75) is 9.79 Å². The van der Waals surface area contributed by atoms with E-state index in [1.54, 1.807) is 0 Å². The summed E-state index contributed by atoms with van der Waals surface area (Å²) in [7, 11) is -7.29. The largest absolute Gasteiger partial charge is 0.480 e. The molecule has 0 bridgehead atoms. The average Bonchev–Trinajstić information content (AvgIpc) is 2.81. The Morgan fingerprint density at radius 3 is 1.64 bits per heavy atom. The number of nitrogens with zero attached hydrogens (tertiary/aromatic N) is 2. The molecule has 0 fully saturated rings. The molecule has 0 aromatic heterocycles. The third kappa shape index (κ3) is 11.3. The summed E-state index contributed by atoms with van der Waals surface area (Å²) in [6, 6.07) is 10.6. The number of amides is 2. The van der Waals surface area contributed by atoms with E-state index in [1.807, 2.05) is 0 Å². The first-order chi connectivity index (χ1) is 18.2. The number of sulfonamides is 1. The second kappa shape index (κ2) is 13.9. The van der Waals surface area contributed by atoms with E-state index in [4.69, 9.17) is 5.14 Å². The van der Waals surface area contributed by atoms with Gasteiger partial charge in [0.05, 0.1) is 36.0 Å². The summed E-state index contributed by atoms with van der Waals surface area (Å²) in [6.07, 6.45) is 1.64. The highest BCUT2D eigenvalue weighted by Crippen LogP contribution is 2.14. The fourth-order valence-electron chi connectivity index (χ4n) is 3.35. The molecule has 0 saturated heterocycles. The Bertz CT molecular complexity index is 1390. The number of hydrogen-bond acceptors (Lipinski definition) is 10. The molecule has 2 aromatic rings. The SMILES string of the molecule is CS(=O)(=O)c1ccc(NC(=O)CN(CC=O)CCN(CC(=O)O)CC(=O)Nc2ccc(S(N)(=O)=O)cc2)cc1. The van der Waals surface area contributed by atoms with Crippen LogP contribution in [0.15, 0.2) is 58.3 Å². The van der Waals surface area contributed by atoms with Crippen molar-refractivity contribution in [3.8, 4) is 0 Å². The number of rotatable bonds is 15. The van der Waals surface area contributed by atoms with Crippen LogP contribution in [0.2, 0.25) is 0 Å². The van der Waals surface area contributed by atoms with Gasteiger partial charge in [-0.05, 0) is 48.5 Å². The van der Waals surface area contributed by atoms with Crippen LogP contribution in [0.5, 0.6) is 0 Å². The Kier molecular flexibility index (Phi) is 11.2. The van der Waals surface area contributed by atoms with Crippen LogP contribution in [0.4, 0.5) is 11.4 Å². The fraction of sp³-hybridized carbons (Fsp3) is 0.304. The number of benzene rings is 2. The van der Waals surface area contributed by atoms with Gasteiger partial charge in [-0.15, -0.1) is 0 Å². The van der Waals surface area contributed by atoms with Crippen molar-refractivity contribution in [1.82, 2.24) is 9.80 Å². The minimum absolute atomic E-state index is 0.0221. The highest BCUT2D eigenvalue weighted by Gasteiger charge is 2.18.